The van der Waals surface area contributed by atoms with Gasteiger partial charge in [0.2, 0.25) is 11.1 Å². The molecule has 0 unspecified atom stereocenters. The van der Waals surface area contributed by atoms with E-state index >= 15 is 0 Å². The highest BCUT2D eigenvalue weighted by Gasteiger charge is 2.20. The molecule has 0 saturated heterocycles. The number of hydrogen-bond acceptors (Lipinski definition) is 6. The van der Waals surface area contributed by atoms with Gasteiger partial charge in [-0.15, -0.1) is 5.10 Å². The largest absolute Gasteiger partial charge is 0.492 e. The molecule has 8 heteroatoms. The molecule has 0 aliphatic heterocycles. The van der Waals surface area contributed by atoms with E-state index in [1.54, 1.807) is 4.68 Å². The van der Waals surface area contributed by atoms with Crippen molar-refractivity contribution in [3.05, 3.63) is 54.1 Å². The molecule has 1 heterocycles. The van der Waals surface area contributed by atoms with Gasteiger partial charge in [0.15, 0.2) is 0 Å². The standard InChI is InChI=1S/C19H21N5O2S/c1-4-26-17-8-6-5-7-16(17)20-18(25)14(3)27-19-21-22-23-24(19)15-11-9-13(2)10-12-15/h5-12,14H,4H2,1-3H3,(H,20,25)/t14-/m1/s1. The second-order valence-corrected chi connectivity index (χ2v) is 7.20. The Kier molecular flexibility index (Phi) is 6.08. The molecular formula is C19H21N5O2S. The van der Waals surface area contributed by atoms with E-state index in [0.717, 1.165) is 11.3 Å². The fourth-order valence-corrected chi connectivity index (χ4v) is 3.21. The summed E-state index contributed by atoms with van der Waals surface area (Å²) < 4.78 is 7.18. The van der Waals surface area contributed by atoms with E-state index in [1.165, 1.54) is 11.8 Å². The maximum absolute atomic E-state index is 12.6. The van der Waals surface area contributed by atoms with Crippen molar-refractivity contribution in [2.24, 2.45) is 0 Å². The van der Waals surface area contributed by atoms with Crippen LogP contribution in [-0.4, -0.2) is 38.0 Å². The van der Waals surface area contributed by atoms with Gasteiger partial charge in [-0.2, -0.15) is 4.68 Å². The molecular weight excluding hydrogens is 362 g/mol. The van der Waals surface area contributed by atoms with Crippen molar-refractivity contribution in [3.8, 4) is 11.4 Å². The lowest BCUT2D eigenvalue weighted by atomic mass is 10.2. The average Bonchev–Trinajstić information content (AvgIpc) is 3.12. The van der Waals surface area contributed by atoms with Crippen molar-refractivity contribution in [1.82, 2.24) is 20.2 Å². The second kappa shape index (κ2) is 8.68. The zero-order valence-electron chi connectivity index (χ0n) is 15.4. The van der Waals surface area contributed by atoms with Crippen LogP contribution < -0.4 is 10.1 Å². The Morgan fingerprint density at radius 3 is 2.70 bits per heavy atom. The Bertz CT molecular complexity index is 910. The van der Waals surface area contributed by atoms with Crippen molar-refractivity contribution < 1.29 is 9.53 Å². The normalized spacial score (nSPS) is 11.8. The first-order chi connectivity index (χ1) is 13.1. The van der Waals surface area contributed by atoms with Gasteiger partial charge < -0.3 is 10.1 Å². The van der Waals surface area contributed by atoms with Gasteiger partial charge in [-0.25, -0.2) is 0 Å². The number of hydrogen-bond donors (Lipinski definition) is 1. The first-order valence-corrected chi connectivity index (χ1v) is 9.51. The third kappa shape index (κ3) is 4.65. The average molecular weight is 383 g/mol. The number of thioether (sulfide) groups is 1. The minimum Gasteiger partial charge on any atom is -0.492 e. The van der Waals surface area contributed by atoms with Crippen LogP contribution in [0.25, 0.3) is 5.69 Å². The van der Waals surface area contributed by atoms with E-state index in [1.807, 2.05) is 69.3 Å². The summed E-state index contributed by atoms with van der Waals surface area (Å²) in [6.45, 7) is 6.27. The van der Waals surface area contributed by atoms with Crippen LogP contribution in [0.5, 0.6) is 5.75 Å². The summed E-state index contributed by atoms with van der Waals surface area (Å²) in [7, 11) is 0. The Morgan fingerprint density at radius 1 is 1.22 bits per heavy atom. The van der Waals surface area contributed by atoms with Crippen LogP contribution in [0.1, 0.15) is 19.4 Å². The van der Waals surface area contributed by atoms with E-state index in [9.17, 15) is 4.79 Å². The fourth-order valence-electron chi connectivity index (χ4n) is 2.40. The Morgan fingerprint density at radius 2 is 1.96 bits per heavy atom. The highest BCUT2D eigenvalue weighted by molar-refractivity contribution is 8.00. The van der Waals surface area contributed by atoms with Crippen molar-refractivity contribution in [2.45, 2.75) is 31.2 Å². The molecule has 2 aromatic carbocycles. The number of carbonyl (C=O) groups excluding carboxylic acids is 1. The number of aryl methyl sites for hydroxylation is 1. The predicted octanol–water partition coefficient (Wildman–Crippen LogP) is 3.49. The summed E-state index contributed by atoms with van der Waals surface area (Å²) in [5.41, 5.74) is 2.65. The number of carbonyl (C=O) groups is 1. The maximum atomic E-state index is 12.6. The first kappa shape index (κ1) is 18.9. The topological polar surface area (TPSA) is 81.9 Å². The van der Waals surface area contributed by atoms with Crippen LogP contribution in [0, 0.1) is 6.92 Å². The molecule has 7 nitrogen and oxygen atoms in total. The lowest BCUT2D eigenvalue weighted by Gasteiger charge is -2.14. The number of para-hydroxylation sites is 2. The van der Waals surface area contributed by atoms with Gasteiger partial charge in [-0.1, -0.05) is 41.6 Å². The van der Waals surface area contributed by atoms with Crippen molar-refractivity contribution >= 4 is 23.4 Å². The molecule has 1 N–H and O–H groups in total. The highest BCUT2D eigenvalue weighted by Crippen LogP contribution is 2.27. The number of benzene rings is 2. The molecule has 0 saturated carbocycles. The van der Waals surface area contributed by atoms with Crippen LogP contribution in [0.3, 0.4) is 0 Å². The first-order valence-electron chi connectivity index (χ1n) is 8.63. The Labute approximate surface area is 162 Å². The van der Waals surface area contributed by atoms with Gasteiger partial charge in [0, 0.05) is 0 Å². The van der Waals surface area contributed by atoms with Gasteiger partial charge in [0.1, 0.15) is 5.75 Å². The molecule has 3 rings (SSSR count). The van der Waals surface area contributed by atoms with Crippen LogP contribution >= 0.6 is 11.8 Å². The van der Waals surface area contributed by atoms with E-state index < -0.39 is 5.25 Å². The van der Waals surface area contributed by atoms with Gasteiger partial charge in [-0.05, 0) is 55.5 Å². The molecule has 0 spiro atoms. The summed E-state index contributed by atoms with van der Waals surface area (Å²) in [5.74, 6) is 0.501. The SMILES string of the molecule is CCOc1ccccc1NC(=O)[C@@H](C)Sc1nnnn1-c1ccc(C)cc1. The molecule has 27 heavy (non-hydrogen) atoms. The lowest BCUT2D eigenvalue weighted by molar-refractivity contribution is -0.115. The highest BCUT2D eigenvalue weighted by atomic mass is 32.2. The minimum absolute atomic E-state index is 0.148. The number of amides is 1. The minimum atomic E-state index is -0.394. The van der Waals surface area contributed by atoms with Gasteiger partial charge in [-0.3, -0.25) is 4.79 Å². The van der Waals surface area contributed by atoms with Gasteiger partial charge >= 0.3 is 0 Å². The summed E-state index contributed by atoms with van der Waals surface area (Å²) in [4.78, 5) is 12.6. The lowest BCUT2D eigenvalue weighted by Crippen LogP contribution is -2.23. The van der Waals surface area contributed by atoms with E-state index in [2.05, 4.69) is 20.8 Å². The van der Waals surface area contributed by atoms with Crippen molar-refractivity contribution in [2.75, 3.05) is 11.9 Å². The van der Waals surface area contributed by atoms with Gasteiger partial charge in [0.05, 0.1) is 23.2 Å². The molecule has 1 amide bonds. The molecule has 0 aliphatic carbocycles. The molecule has 0 aliphatic rings. The summed E-state index contributed by atoms with van der Waals surface area (Å²) in [6.07, 6.45) is 0. The monoisotopic (exact) mass is 383 g/mol. The van der Waals surface area contributed by atoms with E-state index in [0.29, 0.717) is 23.2 Å². The van der Waals surface area contributed by atoms with Crippen LogP contribution in [0.2, 0.25) is 0 Å². The number of rotatable bonds is 7. The Balaban J connectivity index is 1.71. The summed E-state index contributed by atoms with van der Waals surface area (Å²) in [6, 6.07) is 15.2. The predicted molar refractivity (Wildman–Crippen MR) is 105 cm³/mol. The van der Waals surface area contributed by atoms with Gasteiger partial charge in [0.25, 0.3) is 0 Å². The van der Waals surface area contributed by atoms with Crippen LogP contribution in [-0.2, 0) is 4.79 Å². The molecule has 0 bridgehead atoms. The number of ether oxygens (including phenoxy) is 1. The van der Waals surface area contributed by atoms with Crippen molar-refractivity contribution in [1.29, 1.82) is 0 Å². The number of anilines is 1. The quantitative estimate of drug-likeness (QED) is 0.629. The fraction of sp³-hybridized carbons (Fsp3) is 0.263. The molecule has 1 atom stereocenters. The molecule has 0 fully saturated rings. The molecule has 3 aromatic rings. The smallest absolute Gasteiger partial charge is 0.237 e. The third-order valence-corrected chi connectivity index (χ3v) is 4.85. The third-order valence-electron chi connectivity index (χ3n) is 3.82. The maximum Gasteiger partial charge on any atom is 0.237 e. The Hall–Kier alpha value is -2.87. The zero-order valence-corrected chi connectivity index (χ0v) is 16.2. The van der Waals surface area contributed by atoms with Crippen molar-refractivity contribution in [3.63, 3.8) is 0 Å². The number of aromatic nitrogens is 4. The number of nitrogens with zero attached hydrogens (tertiary/aromatic N) is 4. The van der Waals surface area contributed by atoms with Crippen LogP contribution in [0.15, 0.2) is 53.7 Å². The number of nitrogens with one attached hydrogen (secondary N) is 1. The van der Waals surface area contributed by atoms with Crippen LogP contribution in [0.4, 0.5) is 5.69 Å². The molecule has 140 valence electrons. The summed E-state index contributed by atoms with van der Waals surface area (Å²) >= 11 is 1.30. The van der Waals surface area contributed by atoms with E-state index in [4.69, 9.17) is 4.74 Å². The zero-order chi connectivity index (χ0) is 19.2. The summed E-state index contributed by atoms with van der Waals surface area (Å²) in [5, 5.41) is 14.9. The molecule has 1 aromatic heterocycles. The number of tetrazole rings is 1. The molecule has 0 radical (unpaired) electrons. The van der Waals surface area contributed by atoms with E-state index in [-0.39, 0.29) is 5.91 Å². The second-order valence-electron chi connectivity index (χ2n) is 5.89.